The number of nitrogens with zero attached hydrogens (tertiary/aromatic N) is 2. The number of pyridine rings is 1. The summed E-state index contributed by atoms with van der Waals surface area (Å²) in [6.45, 7) is 0.605. The van der Waals surface area contributed by atoms with Crippen molar-refractivity contribution >= 4 is 32.5 Å². The summed E-state index contributed by atoms with van der Waals surface area (Å²) in [5.74, 6) is 5.81. The average Bonchev–Trinajstić information content (AvgIpc) is 2.81. The summed E-state index contributed by atoms with van der Waals surface area (Å²) in [7, 11) is -4.13. The lowest BCUT2D eigenvalue weighted by atomic mass is 10.1. The molecule has 4 aromatic rings. The monoisotopic (exact) mass is 461 g/mol. The van der Waals surface area contributed by atoms with Crippen LogP contribution >= 0.6 is 0 Å². The summed E-state index contributed by atoms with van der Waals surface area (Å²) >= 11 is 0. The fourth-order valence-electron chi connectivity index (χ4n) is 3.27. The third-order valence-electron chi connectivity index (χ3n) is 4.81. The van der Waals surface area contributed by atoms with Crippen LogP contribution < -0.4 is 21.6 Å². The molecule has 168 valence electrons. The Kier molecular flexibility index (Phi) is 7.46. The van der Waals surface area contributed by atoms with Crippen molar-refractivity contribution in [1.82, 2.24) is 0 Å². The van der Waals surface area contributed by atoms with E-state index in [1.165, 1.54) is 4.68 Å². The number of nitriles is 1. The maximum absolute atomic E-state index is 10.2. The normalized spacial score (nSPS) is 10.7. The van der Waals surface area contributed by atoms with Gasteiger partial charge in [-0.2, -0.15) is 5.26 Å². The van der Waals surface area contributed by atoms with Gasteiger partial charge in [0.2, 0.25) is 0 Å². The van der Waals surface area contributed by atoms with E-state index in [0.29, 0.717) is 23.4 Å². The molecule has 4 rings (SSSR count). The third-order valence-corrected chi connectivity index (χ3v) is 5.50. The number of nitrogens with two attached hydrogens (primary N) is 2. The minimum absolute atomic E-state index is 0.247. The van der Waals surface area contributed by atoms with Gasteiger partial charge in [0.05, 0.1) is 21.6 Å². The zero-order chi connectivity index (χ0) is 23.8. The van der Waals surface area contributed by atoms with Crippen molar-refractivity contribution in [3.8, 4) is 6.07 Å². The highest BCUT2D eigenvalue weighted by molar-refractivity contribution is 7.84. The molecule has 8 nitrogen and oxygen atoms in total. The highest BCUT2D eigenvalue weighted by Gasteiger charge is 2.20. The van der Waals surface area contributed by atoms with Gasteiger partial charge in [0.15, 0.2) is 11.1 Å². The molecule has 9 heteroatoms. The van der Waals surface area contributed by atoms with Crippen LogP contribution in [-0.4, -0.2) is 13.0 Å². The number of rotatable bonds is 5. The summed E-state index contributed by atoms with van der Waals surface area (Å²) < 4.78 is 32.1. The van der Waals surface area contributed by atoms with Gasteiger partial charge in [0.1, 0.15) is 6.07 Å². The number of para-hydroxylation sites is 1. The van der Waals surface area contributed by atoms with Gasteiger partial charge >= 0.3 is 5.82 Å². The molecule has 0 saturated carbocycles. The molecule has 0 atom stereocenters. The van der Waals surface area contributed by atoms with Gasteiger partial charge in [-0.3, -0.25) is 11.6 Å². The van der Waals surface area contributed by atoms with E-state index < -0.39 is 15.9 Å². The molecule has 0 unspecified atom stereocenters. The van der Waals surface area contributed by atoms with Crippen LogP contribution in [0.15, 0.2) is 84.9 Å². The largest absolute Gasteiger partial charge is 0.748 e. The molecule has 1 aromatic heterocycles. The van der Waals surface area contributed by atoms with Crippen molar-refractivity contribution in [3.63, 3.8) is 0 Å². The van der Waals surface area contributed by atoms with Gasteiger partial charge in [-0.1, -0.05) is 72.8 Å². The van der Waals surface area contributed by atoms with Crippen LogP contribution in [0, 0.1) is 11.3 Å². The third kappa shape index (κ3) is 6.20. The topological polar surface area (TPSA) is 149 Å². The molecule has 0 aliphatic rings. The Labute approximate surface area is 192 Å². The van der Waals surface area contributed by atoms with Crippen LogP contribution in [0.2, 0.25) is 0 Å². The highest BCUT2D eigenvalue weighted by atomic mass is 32.2. The molecule has 0 aliphatic carbocycles. The zero-order valence-electron chi connectivity index (χ0n) is 17.7. The number of hydrogen-bond donors (Lipinski definition) is 3. The SMILES string of the molecule is N#Cc1c(NCc2ccccc2)c2ccccc2[n+](N)c1N.O=S(=O)([O-])Cc1ccccc1. The van der Waals surface area contributed by atoms with E-state index >= 15 is 0 Å². The Morgan fingerprint density at radius 1 is 0.909 bits per heavy atom. The molecule has 33 heavy (non-hydrogen) atoms. The zero-order valence-corrected chi connectivity index (χ0v) is 18.5. The van der Waals surface area contributed by atoms with E-state index in [1.807, 2.05) is 54.6 Å². The van der Waals surface area contributed by atoms with Crippen molar-refractivity contribution < 1.29 is 17.6 Å². The van der Waals surface area contributed by atoms with E-state index in [1.54, 1.807) is 30.3 Å². The molecule has 0 fully saturated rings. The lowest BCUT2D eigenvalue weighted by molar-refractivity contribution is -0.596. The molecular weight excluding hydrogens is 438 g/mol. The molecule has 5 N–H and O–H groups in total. The summed E-state index contributed by atoms with van der Waals surface area (Å²) in [4.78, 5) is 0. The number of aromatic nitrogens is 1. The lowest BCUT2D eigenvalue weighted by Crippen LogP contribution is -2.48. The molecule has 0 amide bonds. The maximum atomic E-state index is 10.2. The average molecular weight is 462 g/mol. The molecular formula is C24H23N5O3S. The van der Waals surface area contributed by atoms with Crippen LogP contribution in [-0.2, 0) is 22.4 Å². The van der Waals surface area contributed by atoms with Crippen LogP contribution in [0.5, 0.6) is 0 Å². The van der Waals surface area contributed by atoms with E-state index in [0.717, 1.165) is 16.5 Å². The molecule has 3 aromatic carbocycles. The number of anilines is 2. The lowest BCUT2D eigenvalue weighted by Gasteiger charge is -2.13. The standard InChI is InChI=1S/C17H15N5.C7H8O3S/c18-10-14-16(21-11-12-6-2-1-3-7-12)13-8-4-5-9-15(13)22(20)17(14)19;8-11(9,10)6-7-4-2-1-3-5-7/h1-9H,11,20H2,(H2,19,21);1-5H,6H2,(H,8,9,10). The van der Waals surface area contributed by atoms with Crippen molar-refractivity contribution in [1.29, 1.82) is 5.26 Å². The van der Waals surface area contributed by atoms with Crippen LogP contribution in [0.1, 0.15) is 16.7 Å². The second-order valence-electron chi connectivity index (χ2n) is 7.16. The fourth-order valence-corrected chi connectivity index (χ4v) is 3.87. The van der Waals surface area contributed by atoms with Crippen molar-refractivity contribution in [3.05, 3.63) is 102 Å². The van der Waals surface area contributed by atoms with Gasteiger partial charge in [0.25, 0.3) is 0 Å². The Morgan fingerprint density at radius 3 is 2.03 bits per heavy atom. The fraction of sp³-hybridized carbons (Fsp3) is 0.0833. The van der Waals surface area contributed by atoms with Gasteiger partial charge in [-0.25, -0.2) is 8.42 Å². The van der Waals surface area contributed by atoms with Gasteiger partial charge < -0.3 is 9.87 Å². The highest BCUT2D eigenvalue weighted by Crippen LogP contribution is 2.28. The number of nitrogen functional groups attached to an aromatic ring is 2. The first-order valence-corrected chi connectivity index (χ1v) is 11.5. The predicted molar refractivity (Wildman–Crippen MR) is 127 cm³/mol. The first-order valence-electron chi connectivity index (χ1n) is 9.97. The van der Waals surface area contributed by atoms with Crippen LogP contribution in [0.3, 0.4) is 0 Å². The molecule has 1 heterocycles. The summed E-state index contributed by atoms with van der Waals surface area (Å²) in [6, 6.07) is 28.1. The Bertz CT molecular complexity index is 1390. The molecule has 0 radical (unpaired) electrons. The quantitative estimate of drug-likeness (QED) is 0.235. The predicted octanol–water partition coefficient (Wildman–Crippen LogP) is 2.64. The minimum atomic E-state index is -4.13. The second kappa shape index (κ2) is 10.5. The van der Waals surface area contributed by atoms with Gasteiger partial charge in [-0.05, 0) is 23.3 Å². The molecule has 0 spiro atoms. The summed E-state index contributed by atoms with van der Waals surface area (Å²) in [6.07, 6.45) is 0. The molecule has 0 bridgehead atoms. The summed E-state index contributed by atoms with van der Waals surface area (Å²) in [5, 5.41) is 13.6. The van der Waals surface area contributed by atoms with Gasteiger partial charge in [-0.15, -0.1) is 4.68 Å². The van der Waals surface area contributed by atoms with Gasteiger partial charge in [0, 0.05) is 11.9 Å². The Hall–Kier alpha value is -4.13. The summed E-state index contributed by atoms with van der Waals surface area (Å²) in [5.41, 5.74) is 9.50. The second-order valence-corrected chi connectivity index (χ2v) is 8.56. The first kappa shape index (κ1) is 23.5. The van der Waals surface area contributed by atoms with Crippen molar-refractivity contribution in [2.45, 2.75) is 12.3 Å². The Balaban J connectivity index is 0.000000235. The van der Waals surface area contributed by atoms with Crippen LogP contribution in [0.4, 0.5) is 11.5 Å². The van der Waals surface area contributed by atoms with Crippen molar-refractivity contribution in [2.24, 2.45) is 0 Å². The molecule has 0 aliphatic heterocycles. The van der Waals surface area contributed by atoms with E-state index in [2.05, 4.69) is 11.4 Å². The number of hydrogen-bond acceptors (Lipinski definition) is 7. The molecule has 0 saturated heterocycles. The van der Waals surface area contributed by atoms with Crippen molar-refractivity contribution in [2.75, 3.05) is 16.9 Å². The minimum Gasteiger partial charge on any atom is -0.748 e. The number of fused-ring (bicyclic) bond motifs is 1. The Morgan fingerprint density at radius 2 is 1.45 bits per heavy atom. The smallest absolute Gasteiger partial charge is 0.316 e. The van der Waals surface area contributed by atoms with Crippen LogP contribution in [0.25, 0.3) is 10.9 Å². The van der Waals surface area contributed by atoms with E-state index in [4.69, 9.17) is 11.6 Å². The number of nitrogens with one attached hydrogen (secondary N) is 1. The first-order chi connectivity index (χ1) is 15.8. The number of benzene rings is 3. The van der Waals surface area contributed by atoms with E-state index in [9.17, 15) is 18.2 Å². The maximum Gasteiger partial charge on any atom is 0.316 e. The van der Waals surface area contributed by atoms with E-state index in [-0.39, 0.29) is 5.82 Å².